The molecule has 2 aromatic rings. The average Bonchev–Trinajstić information content (AvgIpc) is 2.38. The Balaban J connectivity index is 2.07. The van der Waals surface area contributed by atoms with Crippen molar-refractivity contribution in [2.45, 2.75) is 0 Å². The summed E-state index contributed by atoms with van der Waals surface area (Å²) < 4.78 is 10.9. The third-order valence-electron chi connectivity index (χ3n) is 2.49. The van der Waals surface area contributed by atoms with Crippen LogP contribution in [-0.2, 0) is 0 Å². The van der Waals surface area contributed by atoms with Gasteiger partial charge in [-0.25, -0.2) is 4.98 Å². The van der Waals surface area contributed by atoms with Gasteiger partial charge in [0.2, 0.25) is 0 Å². The van der Waals surface area contributed by atoms with Gasteiger partial charge in [0, 0.05) is 17.8 Å². The standard InChI is InChI=1S/C12H10N2O3/c15-11-3-4-13-12(14-11)8-1-2-9-10(7-8)17-6-5-16-9/h1-4,7H,5-6H2,(H,13,14,15). The summed E-state index contributed by atoms with van der Waals surface area (Å²) in [6, 6.07) is 6.84. The Morgan fingerprint density at radius 1 is 1.12 bits per heavy atom. The molecule has 3 rings (SSSR count). The van der Waals surface area contributed by atoms with Crippen LogP contribution < -0.4 is 15.0 Å². The summed E-state index contributed by atoms with van der Waals surface area (Å²) in [7, 11) is 0. The molecule has 86 valence electrons. The fourth-order valence-corrected chi connectivity index (χ4v) is 1.71. The van der Waals surface area contributed by atoms with Crippen LogP contribution in [0.4, 0.5) is 0 Å². The van der Waals surface area contributed by atoms with Gasteiger partial charge in [-0.15, -0.1) is 0 Å². The lowest BCUT2D eigenvalue weighted by atomic mass is 10.2. The maximum absolute atomic E-state index is 11.2. The van der Waals surface area contributed by atoms with Gasteiger partial charge in [0.05, 0.1) is 0 Å². The highest BCUT2D eigenvalue weighted by molar-refractivity contribution is 5.61. The first-order valence-electron chi connectivity index (χ1n) is 5.28. The molecule has 1 aromatic heterocycles. The number of rotatable bonds is 1. The number of nitrogens with zero attached hydrogens (tertiary/aromatic N) is 1. The highest BCUT2D eigenvalue weighted by Crippen LogP contribution is 2.33. The average molecular weight is 230 g/mol. The molecule has 0 fully saturated rings. The lowest BCUT2D eigenvalue weighted by Crippen LogP contribution is -2.15. The van der Waals surface area contributed by atoms with Gasteiger partial charge in [-0.3, -0.25) is 4.79 Å². The van der Waals surface area contributed by atoms with Crippen LogP contribution >= 0.6 is 0 Å². The van der Waals surface area contributed by atoms with Gasteiger partial charge in [-0.2, -0.15) is 0 Å². The lowest BCUT2D eigenvalue weighted by Gasteiger charge is -2.18. The second kappa shape index (κ2) is 3.93. The van der Waals surface area contributed by atoms with Crippen molar-refractivity contribution in [1.29, 1.82) is 0 Å². The third kappa shape index (κ3) is 1.87. The first-order valence-corrected chi connectivity index (χ1v) is 5.28. The van der Waals surface area contributed by atoms with Crippen LogP contribution in [-0.4, -0.2) is 23.2 Å². The summed E-state index contributed by atoms with van der Waals surface area (Å²) in [5.41, 5.74) is 0.622. The Labute approximate surface area is 97.0 Å². The number of ether oxygens (including phenoxy) is 2. The van der Waals surface area contributed by atoms with Crippen molar-refractivity contribution < 1.29 is 9.47 Å². The van der Waals surface area contributed by atoms with Crippen molar-refractivity contribution in [1.82, 2.24) is 9.97 Å². The van der Waals surface area contributed by atoms with E-state index in [-0.39, 0.29) is 5.56 Å². The zero-order chi connectivity index (χ0) is 11.7. The molecule has 0 radical (unpaired) electrons. The fourth-order valence-electron chi connectivity index (χ4n) is 1.71. The Hall–Kier alpha value is -2.30. The zero-order valence-electron chi connectivity index (χ0n) is 8.97. The number of hydrogen-bond donors (Lipinski definition) is 1. The molecule has 1 aromatic carbocycles. The quantitative estimate of drug-likeness (QED) is 0.799. The van der Waals surface area contributed by atoms with Gasteiger partial charge in [-0.05, 0) is 18.2 Å². The highest BCUT2D eigenvalue weighted by Gasteiger charge is 2.12. The lowest BCUT2D eigenvalue weighted by molar-refractivity contribution is 0.171. The van der Waals surface area contributed by atoms with E-state index in [0.717, 1.165) is 11.3 Å². The summed E-state index contributed by atoms with van der Waals surface area (Å²) >= 11 is 0. The predicted octanol–water partition coefficient (Wildman–Crippen LogP) is 1.21. The van der Waals surface area contributed by atoms with Crippen molar-refractivity contribution in [2.75, 3.05) is 13.2 Å². The van der Waals surface area contributed by atoms with Crippen LogP contribution in [0.2, 0.25) is 0 Å². The number of benzene rings is 1. The zero-order valence-corrected chi connectivity index (χ0v) is 8.97. The first-order chi connectivity index (χ1) is 8.33. The smallest absolute Gasteiger partial charge is 0.251 e. The van der Waals surface area contributed by atoms with Crippen LogP contribution in [0.25, 0.3) is 11.4 Å². The van der Waals surface area contributed by atoms with Crippen LogP contribution in [0.3, 0.4) is 0 Å². The van der Waals surface area contributed by atoms with Gasteiger partial charge in [0.15, 0.2) is 11.5 Å². The number of nitrogens with one attached hydrogen (secondary N) is 1. The van der Waals surface area contributed by atoms with Crippen molar-refractivity contribution in [2.24, 2.45) is 0 Å². The molecular weight excluding hydrogens is 220 g/mol. The predicted molar refractivity (Wildman–Crippen MR) is 61.3 cm³/mol. The van der Waals surface area contributed by atoms with E-state index in [0.29, 0.717) is 24.8 Å². The van der Waals surface area contributed by atoms with E-state index in [4.69, 9.17) is 9.47 Å². The van der Waals surface area contributed by atoms with E-state index in [2.05, 4.69) is 9.97 Å². The van der Waals surface area contributed by atoms with Crippen molar-refractivity contribution in [3.05, 3.63) is 40.8 Å². The molecule has 5 nitrogen and oxygen atoms in total. The number of hydrogen-bond acceptors (Lipinski definition) is 4. The molecule has 2 heterocycles. The molecule has 0 unspecified atom stereocenters. The van der Waals surface area contributed by atoms with Gasteiger partial charge in [0.25, 0.3) is 5.56 Å². The van der Waals surface area contributed by atoms with Crippen molar-refractivity contribution in [3.8, 4) is 22.9 Å². The molecule has 1 aliphatic heterocycles. The van der Waals surface area contributed by atoms with Crippen LogP contribution in [0, 0.1) is 0 Å². The van der Waals surface area contributed by atoms with Gasteiger partial charge >= 0.3 is 0 Å². The van der Waals surface area contributed by atoms with E-state index in [1.54, 1.807) is 0 Å². The largest absolute Gasteiger partial charge is 0.486 e. The first kappa shape index (κ1) is 9.89. The number of H-pyrrole nitrogens is 1. The Morgan fingerprint density at radius 2 is 1.94 bits per heavy atom. The maximum Gasteiger partial charge on any atom is 0.251 e. The minimum absolute atomic E-state index is 0.176. The van der Waals surface area contributed by atoms with E-state index in [9.17, 15) is 4.79 Å². The SMILES string of the molecule is O=c1ccnc(-c2ccc3c(c2)OCCO3)[nH]1. The Bertz CT molecular complexity index is 607. The monoisotopic (exact) mass is 230 g/mol. The van der Waals surface area contributed by atoms with Gasteiger partial charge in [0.1, 0.15) is 19.0 Å². The topological polar surface area (TPSA) is 64.2 Å². The highest BCUT2D eigenvalue weighted by atomic mass is 16.6. The normalized spacial score (nSPS) is 13.4. The summed E-state index contributed by atoms with van der Waals surface area (Å²) in [5, 5.41) is 0. The summed E-state index contributed by atoms with van der Waals surface area (Å²) in [4.78, 5) is 18.0. The number of aromatic amines is 1. The molecule has 0 amide bonds. The molecule has 0 saturated carbocycles. The molecule has 0 aliphatic carbocycles. The van der Waals surface area contributed by atoms with Gasteiger partial charge in [-0.1, -0.05) is 0 Å². The van der Waals surface area contributed by atoms with Crippen molar-refractivity contribution >= 4 is 0 Å². The van der Waals surface area contributed by atoms with Crippen LogP contribution in [0.5, 0.6) is 11.5 Å². The second-order valence-corrected chi connectivity index (χ2v) is 3.64. The maximum atomic E-state index is 11.2. The van der Waals surface area contributed by atoms with E-state index >= 15 is 0 Å². The number of fused-ring (bicyclic) bond motifs is 1. The molecule has 1 aliphatic rings. The van der Waals surface area contributed by atoms with E-state index in [1.165, 1.54) is 12.3 Å². The number of aromatic nitrogens is 2. The summed E-state index contributed by atoms with van der Waals surface area (Å²) in [5.74, 6) is 1.92. The Kier molecular flexibility index (Phi) is 2.29. The fraction of sp³-hybridized carbons (Fsp3) is 0.167. The van der Waals surface area contributed by atoms with E-state index < -0.39 is 0 Å². The third-order valence-corrected chi connectivity index (χ3v) is 2.49. The van der Waals surface area contributed by atoms with Crippen LogP contribution in [0.1, 0.15) is 0 Å². The molecular formula is C12H10N2O3. The second-order valence-electron chi connectivity index (χ2n) is 3.64. The molecule has 17 heavy (non-hydrogen) atoms. The summed E-state index contributed by atoms with van der Waals surface area (Å²) in [6.07, 6.45) is 1.48. The van der Waals surface area contributed by atoms with E-state index in [1.807, 2.05) is 18.2 Å². The molecule has 0 bridgehead atoms. The van der Waals surface area contributed by atoms with Crippen molar-refractivity contribution in [3.63, 3.8) is 0 Å². The molecule has 0 atom stereocenters. The minimum Gasteiger partial charge on any atom is -0.486 e. The summed E-state index contributed by atoms with van der Waals surface area (Å²) in [6.45, 7) is 1.10. The molecule has 0 spiro atoms. The molecule has 5 heteroatoms. The Morgan fingerprint density at radius 3 is 2.76 bits per heavy atom. The van der Waals surface area contributed by atoms with Crippen LogP contribution in [0.15, 0.2) is 35.3 Å². The molecule has 0 saturated heterocycles. The van der Waals surface area contributed by atoms with Gasteiger partial charge < -0.3 is 14.5 Å². The minimum atomic E-state index is -0.176. The molecule has 1 N–H and O–H groups in total.